The van der Waals surface area contributed by atoms with E-state index in [4.69, 9.17) is 9.47 Å². The summed E-state index contributed by atoms with van der Waals surface area (Å²) in [5, 5.41) is 10.0. The van der Waals surface area contributed by atoms with Gasteiger partial charge in [-0.1, -0.05) is 220 Å². The van der Waals surface area contributed by atoms with E-state index in [-0.39, 0.29) is 25.2 Å². The van der Waals surface area contributed by atoms with Gasteiger partial charge < -0.3 is 14.6 Å². The molecule has 0 aliphatic rings. The highest BCUT2D eigenvalue weighted by atomic mass is 16.6. The molecular formula is C45H88O5. The molecule has 0 aromatic heterocycles. The summed E-state index contributed by atoms with van der Waals surface area (Å²) in [6, 6.07) is 0. The van der Waals surface area contributed by atoms with Crippen LogP contribution in [-0.2, 0) is 19.1 Å². The normalized spacial score (nSPS) is 13.3. The van der Waals surface area contributed by atoms with Crippen molar-refractivity contribution in [1.82, 2.24) is 0 Å². The summed E-state index contributed by atoms with van der Waals surface area (Å²) >= 11 is 0. The fraction of sp³-hybridized carbons (Fsp3) is 0.956. The van der Waals surface area contributed by atoms with Crippen molar-refractivity contribution in [3.8, 4) is 0 Å². The molecule has 0 radical (unpaired) electrons. The van der Waals surface area contributed by atoms with Crippen molar-refractivity contribution >= 4 is 11.9 Å². The number of unbranched alkanes of at least 4 members (excludes halogenated alkanes) is 26. The highest BCUT2D eigenvalue weighted by Gasteiger charge is 2.12. The van der Waals surface area contributed by atoms with Gasteiger partial charge in [-0.15, -0.1) is 0 Å². The Morgan fingerprint density at radius 3 is 0.860 bits per heavy atom. The van der Waals surface area contributed by atoms with Crippen LogP contribution in [0.4, 0.5) is 0 Å². The van der Waals surface area contributed by atoms with E-state index >= 15 is 0 Å². The summed E-state index contributed by atoms with van der Waals surface area (Å²) in [6.07, 6.45) is 41.6. The van der Waals surface area contributed by atoms with Gasteiger partial charge >= 0.3 is 11.9 Å². The SMILES string of the molecule is CCC(C)CCCCCCCCCCCCCCCCCCCCC(=O)OC[C@@H](O)COC(=O)CCCCCCCCCCCCC(C)CC. The molecule has 0 heterocycles. The van der Waals surface area contributed by atoms with Crippen molar-refractivity contribution < 1.29 is 24.2 Å². The van der Waals surface area contributed by atoms with Gasteiger partial charge in [-0.05, 0) is 24.7 Å². The molecule has 0 saturated carbocycles. The Hall–Kier alpha value is -1.10. The van der Waals surface area contributed by atoms with E-state index in [0.717, 1.165) is 37.5 Å². The van der Waals surface area contributed by atoms with Gasteiger partial charge in [0.1, 0.15) is 19.3 Å². The Balaban J connectivity index is 3.36. The Morgan fingerprint density at radius 2 is 0.620 bits per heavy atom. The minimum absolute atomic E-state index is 0.108. The fourth-order valence-electron chi connectivity index (χ4n) is 6.75. The molecule has 1 N–H and O–H groups in total. The minimum Gasteiger partial charge on any atom is -0.463 e. The maximum absolute atomic E-state index is 12.0. The van der Waals surface area contributed by atoms with Gasteiger partial charge in [0.05, 0.1) is 0 Å². The van der Waals surface area contributed by atoms with Gasteiger partial charge in [-0.2, -0.15) is 0 Å². The van der Waals surface area contributed by atoms with Crippen molar-refractivity contribution in [3.05, 3.63) is 0 Å². The molecular weight excluding hydrogens is 620 g/mol. The highest BCUT2D eigenvalue weighted by Crippen LogP contribution is 2.18. The second-order valence-corrected chi connectivity index (χ2v) is 16.0. The number of aliphatic hydroxyl groups excluding tert-OH is 1. The lowest BCUT2D eigenvalue weighted by atomic mass is 9.99. The van der Waals surface area contributed by atoms with Crippen LogP contribution >= 0.6 is 0 Å². The van der Waals surface area contributed by atoms with Crippen LogP contribution in [0.25, 0.3) is 0 Å². The van der Waals surface area contributed by atoms with E-state index in [0.29, 0.717) is 12.8 Å². The third kappa shape index (κ3) is 38.1. The van der Waals surface area contributed by atoms with Crippen LogP contribution in [0.2, 0.25) is 0 Å². The van der Waals surface area contributed by atoms with Crippen molar-refractivity contribution in [3.63, 3.8) is 0 Å². The third-order valence-corrected chi connectivity index (χ3v) is 10.9. The molecule has 0 aliphatic heterocycles. The smallest absolute Gasteiger partial charge is 0.305 e. The number of carbonyl (C=O) groups is 2. The van der Waals surface area contributed by atoms with Gasteiger partial charge in [0.25, 0.3) is 0 Å². The van der Waals surface area contributed by atoms with Gasteiger partial charge in [0.15, 0.2) is 0 Å². The summed E-state index contributed by atoms with van der Waals surface area (Å²) < 4.78 is 10.4. The molecule has 0 aromatic carbocycles. The summed E-state index contributed by atoms with van der Waals surface area (Å²) in [4.78, 5) is 24.0. The first-order chi connectivity index (χ1) is 24.4. The van der Waals surface area contributed by atoms with Crippen LogP contribution in [0.3, 0.4) is 0 Å². The molecule has 50 heavy (non-hydrogen) atoms. The average Bonchev–Trinajstić information content (AvgIpc) is 3.12. The zero-order valence-corrected chi connectivity index (χ0v) is 34.3. The maximum atomic E-state index is 12.0. The second kappa shape index (κ2) is 39.1. The van der Waals surface area contributed by atoms with E-state index in [9.17, 15) is 14.7 Å². The molecule has 298 valence electrons. The van der Waals surface area contributed by atoms with Gasteiger partial charge in [-0.3, -0.25) is 9.59 Å². The molecule has 2 unspecified atom stereocenters. The molecule has 3 atom stereocenters. The number of hydrogen-bond donors (Lipinski definition) is 1. The quantitative estimate of drug-likeness (QED) is 0.0507. The molecule has 0 saturated heterocycles. The number of aliphatic hydroxyl groups is 1. The fourth-order valence-corrected chi connectivity index (χ4v) is 6.75. The second-order valence-electron chi connectivity index (χ2n) is 16.0. The number of hydrogen-bond acceptors (Lipinski definition) is 5. The van der Waals surface area contributed by atoms with Crippen molar-refractivity contribution in [1.29, 1.82) is 0 Å². The first kappa shape index (κ1) is 48.9. The largest absolute Gasteiger partial charge is 0.463 e. The lowest BCUT2D eigenvalue weighted by Gasteiger charge is -2.12. The molecule has 0 spiro atoms. The van der Waals surface area contributed by atoms with Gasteiger partial charge in [0, 0.05) is 12.8 Å². The number of ether oxygens (including phenoxy) is 2. The predicted octanol–water partition coefficient (Wildman–Crippen LogP) is 14.0. The molecule has 0 bridgehead atoms. The predicted molar refractivity (Wildman–Crippen MR) is 215 cm³/mol. The Labute approximate surface area is 312 Å². The zero-order valence-electron chi connectivity index (χ0n) is 34.3. The molecule has 5 nitrogen and oxygen atoms in total. The highest BCUT2D eigenvalue weighted by molar-refractivity contribution is 5.69. The van der Waals surface area contributed by atoms with E-state index in [2.05, 4.69) is 27.7 Å². The summed E-state index contributed by atoms with van der Waals surface area (Å²) in [6.45, 7) is 9.11. The third-order valence-electron chi connectivity index (χ3n) is 10.9. The summed E-state index contributed by atoms with van der Waals surface area (Å²) in [5.74, 6) is 1.25. The summed E-state index contributed by atoms with van der Waals surface area (Å²) in [7, 11) is 0. The zero-order chi connectivity index (χ0) is 36.8. The van der Waals surface area contributed by atoms with Crippen LogP contribution < -0.4 is 0 Å². The van der Waals surface area contributed by atoms with Gasteiger partial charge in [-0.25, -0.2) is 0 Å². The van der Waals surface area contributed by atoms with Gasteiger partial charge in [0.2, 0.25) is 0 Å². The van der Waals surface area contributed by atoms with E-state index < -0.39 is 6.10 Å². The van der Waals surface area contributed by atoms with Crippen LogP contribution in [0, 0.1) is 11.8 Å². The van der Waals surface area contributed by atoms with Crippen LogP contribution in [0.15, 0.2) is 0 Å². The van der Waals surface area contributed by atoms with E-state index in [1.165, 1.54) is 180 Å². The van der Waals surface area contributed by atoms with E-state index in [1.54, 1.807) is 0 Å². The molecule has 0 fully saturated rings. The standard InChI is InChI=1S/C45H88O5/c1-5-41(3)35-31-27-23-19-15-13-11-9-7-8-10-12-14-16-21-25-29-33-37-44(47)49-39-43(46)40-50-45(48)38-34-30-26-22-18-17-20-24-28-32-36-42(4)6-2/h41-43,46H,5-40H2,1-4H3/t41?,42?,43-/m1/s1. The van der Waals surface area contributed by atoms with Crippen molar-refractivity contribution in [2.24, 2.45) is 11.8 Å². The van der Waals surface area contributed by atoms with Crippen LogP contribution in [0.5, 0.6) is 0 Å². The summed E-state index contributed by atoms with van der Waals surface area (Å²) in [5.41, 5.74) is 0. The molecule has 0 aromatic rings. The average molecular weight is 709 g/mol. The lowest BCUT2D eigenvalue weighted by molar-refractivity contribution is -0.152. The first-order valence-corrected chi connectivity index (χ1v) is 22.4. The monoisotopic (exact) mass is 709 g/mol. The first-order valence-electron chi connectivity index (χ1n) is 22.4. The van der Waals surface area contributed by atoms with E-state index in [1.807, 2.05) is 0 Å². The minimum atomic E-state index is -0.957. The maximum Gasteiger partial charge on any atom is 0.305 e. The van der Waals surface area contributed by atoms with Crippen molar-refractivity contribution in [2.45, 2.75) is 252 Å². The van der Waals surface area contributed by atoms with Crippen molar-refractivity contribution in [2.75, 3.05) is 13.2 Å². The van der Waals surface area contributed by atoms with Crippen LogP contribution in [-0.4, -0.2) is 36.4 Å². The Bertz CT molecular complexity index is 710. The molecule has 0 rings (SSSR count). The molecule has 5 heteroatoms. The molecule has 0 amide bonds. The Morgan fingerprint density at radius 1 is 0.400 bits per heavy atom. The van der Waals surface area contributed by atoms with Crippen LogP contribution in [0.1, 0.15) is 246 Å². The topological polar surface area (TPSA) is 72.8 Å². The Kier molecular flexibility index (Phi) is 38.3. The lowest BCUT2D eigenvalue weighted by Crippen LogP contribution is -2.25. The number of rotatable bonds is 40. The number of esters is 2. The number of carbonyl (C=O) groups excluding carboxylic acids is 2. The molecule has 0 aliphatic carbocycles.